The number of carbonyl (C=O) groups is 1. The summed E-state index contributed by atoms with van der Waals surface area (Å²) < 4.78 is 10.6. The van der Waals surface area contributed by atoms with Crippen molar-refractivity contribution in [3.63, 3.8) is 0 Å². The summed E-state index contributed by atoms with van der Waals surface area (Å²) in [4.78, 5) is 14.5. The van der Waals surface area contributed by atoms with Crippen LogP contribution < -0.4 is 10.1 Å². The number of methoxy groups -OCH3 is 1. The molecule has 0 bridgehead atoms. The van der Waals surface area contributed by atoms with Crippen molar-refractivity contribution >= 4 is 5.91 Å². The van der Waals surface area contributed by atoms with Crippen molar-refractivity contribution in [2.45, 2.75) is 12.5 Å². The quantitative estimate of drug-likeness (QED) is 0.650. The smallest absolute Gasteiger partial charge is 0.226 e. The van der Waals surface area contributed by atoms with Crippen molar-refractivity contribution in [1.29, 1.82) is 0 Å². The van der Waals surface area contributed by atoms with Crippen molar-refractivity contribution in [3.05, 3.63) is 71.9 Å². The van der Waals surface area contributed by atoms with E-state index in [4.69, 9.17) is 9.26 Å². The molecule has 0 aliphatic carbocycles. The Bertz CT molecular complexity index is 906. The second kappa shape index (κ2) is 9.19. The van der Waals surface area contributed by atoms with Gasteiger partial charge in [0, 0.05) is 18.2 Å². The lowest BCUT2D eigenvalue weighted by molar-refractivity contribution is -0.120. The van der Waals surface area contributed by atoms with Gasteiger partial charge in [-0.15, -0.1) is 0 Å². The SMILES string of the molecule is COc1cccc(-c2cc(CC(=O)NCC(c3ccccc3)N(C)C)no2)c1. The molecule has 1 aromatic heterocycles. The fraction of sp³-hybridized carbons (Fsp3) is 0.273. The summed E-state index contributed by atoms with van der Waals surface area (Å²) in [6.07, 6.45) is 0.169. The molecular weight excluding hydrogens is 354 g/mol. The van der Waals surface area contributed by atoms with Gasteiger partial charge in [0.05, 0.1) is 25.3 Å². The first-order chi connectivity index (χ1) is 13.6. The van der Waals surface area contributed by atoms with Gasteiger partial charge in [-0.05, 0) is 31.8 Å². The lowest BCUT2D eigenvalue weighted by Gasteiger charge is -2.25. The first kappa shape index (κ1) is 19.6. The lowest BCUT2D eigenvalue weighted by atomic mass is 10.1. The van der Waals surface area contributed by atoms with E-state index in [2.05, 4.69) is 27.5 Å². The topological polar surface area (TPSA) is 67.6 Å². The van der Waals surface area contributed by atoms with Crippen LogP contribution in [0.2, 0.25) is 0 Å². The monoisotopic (exact) mass is 379 g/mol. The van der Waals surface area contributed by atoms with Gasteiger partial charge < -0.3 is 19.5 Å². The molecule has 0 aliphatic heterocycles. The number of hydrogen-bond donors (Lipinski definition) is 1. The summed E-state index contributed by atoms with van der Waals surface area (Å²) in [5, 5.41) is 7.02. The fourth-order valence-electron chi connectivity index (χ4n) is 3.02. The Morgan fingerprint density at radius 2 is 1.93 bits per heavy atom. The van der Waals surface area contributed by atoms with Crippen molar-refractivity contribution in [1.82, 2.24) is 15.4 Å². The number of ether oxygens (including phenoxy) is 1. The normalized spacial score (nSPS) is 12.0. The third-order valence-electron chi connectivity index (χ3n) is 4.56. The molecule has 1 heterocycles. The molecule has 3 aromatic rings. The molecule has 0 fully saturated rings. The van der Waals surface area contributed by atoms with E-state index < -0.39 is 0 Å². The maximum absolute atomic E-state index is 12.4. The first-order valence-electron chi connectivity index (χ1n) is 9.15. The molecule has 0 spiro atoms. The predicted octanol–water partition coefficient (Wildman–Crippen LogP) is 3.31. The molecule has 3 rings (SSSR count). The Balaban J connectivity index is 1.60. The average Bonchev–Trinajstić information content (AvgIpc) is 3.17. The zero-order valence-corrected chi connectivity index (χ0v) is 16.4. The summed E-state index contributed by atoms with van der Waals surface area (Å²) in [6.45, 7) is 0.524. The van der Waals surface area contributed by atoms with Crippen LogP contribution in [0.4, 0.5) is 0 Å². The molecule has 2 aromatic carbocycles. The Morgan fingerprint density at radius 1 is 1.14 bits per heavy atom. The second-order valence-corrected chi connectivity index (χ2v) is 6.79. The molecule has 6 nitrogen and oxygen atoms in total. The van der Waals surface area contributed by atoms with Crippen LogP contribution in [0.1, 0.15) is 17.3 Å². The van der Waals surface area contributed by atoms with Gasteiger partial charge in [0.25, 0.3) is 0 Å². The third kappa shape index (κ3) is 4.98. The van der Waals surface area contributed by atoms with Crippen LogP contribution >= 0.6 is 0 Å². The van der Waals surface area contributed by atoms with Crippen LogP contribution in [0.25, 0.3) is 11.3 Å². The summed E-state index contributed by atoms with van der Waals surface area (Å²) in [5.41, 5.74) is 2.61. The van der Waals surface area contributed by atoms with Gasteiger partial charge in [-0.25, -0.2) is 0 Å². The molecule has 1 unspecified atom stereocenters. The zero-order valence-electron chi connectivity index (χ0n) is 16.4. The summed E-state index contributed by atoms with van der Waals surface area (Å²) in [7, 11) is 5.62. The summed E-state index contributed by atoms with van der Waals surface area (Å²) in [6, 6.07) is 19.5. The first-order valence-corrected chi connectivity index (χ1v) is 9.15. The number of likely N-dealkylation sites (N-methyl/N-ethyl adjacent to an activating group) is 1. The van der Waals surface area contributed by atoms with Gasteiger partial charge in [0.15, 0.2) is 5.76 Å². The number of rotatable bonds is 8. The Morgan fingerprint density at radius 3 is 2.64 bits per heavy atom. The van der Waals surface area contributed by atoms with E-state index in [-0.39, 0.29) is 18.4 Å². The van der Waals surface area contributed by atoms with Crippen LogP contribution in [0.5, 0.6) is 5.75 Å². The standard InChI is InChI=1S/C22H25N3O3/c1-25(2)20(16-8-5-4-6-9-16)15-23-22(26)14-18-13-21(28-24-18)17-10-7-11-19(12-17)27-3/h4-13,20H,14-15H2,1-3H3,(H,23,26). The van der Waals surface area contributed by atoms with Crippen LogP contribution in [-0.2, 0) is 11.2 Å². The van der Waals surface area contributed by atoms with Gasteiger partial charge in [-0.2, -0.15) is 0 Å². The summed E-state index contributed by atoms with van der Waals surface area (Å²) >= 11 is 0. The van der Waals surface area contributed by atoms with E-state index >= 15 is 0 Å². The van der Waals surface area contributed by atoms with Crippen molar-refractivity contribution in [2.24, 2.45) is 0 Å². The van der Waals surface area contributed by atoms with Crippen molar-refractivity contribution in [2.75, 3.05) is 27.7 Å². The average molecular weight is 379 g/mol. The minimum absolute atomic E-state index is 0.0896. The lowest BCUT2D eigenvalue weighted by Crippen LogP contribution is -2.35. The molecule has 1 N–H and O–H groups in total. The van der Waals surface area contributed by atoms with Gasteiger partial charge in [0.1, 0.15) is 5.75 Å². The Kier molecular flexibility index (Phi) is 6.45. The molecule has 6 heteroatoms. The van der Waals surface area contributed by atoms with Crippen LogP contribution in [0.15, 0.2) is 65.2 Å². The predicted molar refractivity (Wildman–Crippen MR) is 108 cm³/mol. The number of carbonyl (C=O) groups excluding carboxylic acids is 1. The molecule has 1 amide bonds. The molecular formula is C22H25N3O3. The van der Waals surface area contributed by atoms with Crippen molar-refractivity contribution < 1.29 is 14.1 Å². The molecule has 1 atom stereocenters. The number of nitrogens with zero attached hydrogens (tertiary/aromatic N) is 2. The van der Waals surface area contributed by atoms with Gasteiger partial charge in [-0.3, -0.25) is 4.79 Å². The van der Waals surface area contributed by atoms with E-state index in [1.54, 1.807) is 13.2 Å². The largest absolute Gasteiger partial charge is 0.497 e. The maximum atomic E-state index is 12.4. The molecule has 146 valence electrons. The molecule has 0 saturated carbocycles. The van der Waals surface area contributed by atoms with Gasteiger partial charge >= 0.3 is 0 Å². The summed E-state index contributed by atoms with van der Waals surface area (Å²) in [5.74, 6) is 1.26. The highest BCUT2D eigenvalue weighted by Gasteiger charge is 2.16. The van der Waals surface area contributed by atoms with E-state index in [0.29, 0.717) is 18.0 Å². The third-order valence-corrected chi connectivity index (χ3v) is 4.56. The molecule has 0 aliphatic rings. The molecule has 0 saturated heterocycles. The highest BCUT2D eigenvalue weighted by atomic mass is 16.5. The molecule has 28 heavy (non-hydrogen) atoms. The van der Waals surface area contributed by atoms with Crippen LogP contribution in [-0.4, -0.2) is 43.7 Å². The number of aromatic nitrogens is 1. The van der Waals surface area contributed by atoms with Crippen molar-refractivity contribution in [3.8, 4) is 17.1 Å². The number of hydrogen-bond acceptors (Lipinski definition) is 5. The fourth-order valence-corrected chi connectivity index (χ4v) is 3.02. The highest BCUT2D eigenvalue weighted by molar-refractivity contribution is 5.78. The van der Waals surface area contributed by atoms with Crippen LogP contribution in [0.3, 0.4) is 0 Å². The maximum Gasteiger partial charge on any atom is 0.226 e. The van der Waals surface area contributed by atoms with E-state index in [1.165, 1.54) is 0 Å². The Hall–Kier alpha value is -3.12. The van der Waals surface area contributed by atoms with E-state index in [1.807, 2.05) is 56.6 Å². The second-order valence-electron chi connectivity index (χ2n) is 6.79. The van der Waals surface area contributed by atoms with E-state index in [0.717, 1.165) is 16.9 Å². The number of benzene rings is 2. The molecule has 0 radical (unpaired) electrons. The highest BCUT2D eigenvalue weighted by Crippen LogP contribution is 2.24. The zero-order chi connectivity index (χ0) is 19.9. The minimum Gasteiger partial charge on any atom is -0.497 e. The minimum atomic E-state index is -0.0896. The number of nitrogens with one attached hydrogen (secondary N) is 1. The Labute approximate surface area is 165 Å². The van der Waals surface area contributed by atoms with E-state index in [9.17, 15) is 4.79 Å². The van der Waals surface area contributed by atoms with Gasteiger partial charge in [-0.1, -0.05) is 47.6 Å². The van der Waals surface area contributed by atoms with Crippen LogP contribution in [0, 0.1) is 0 Å². The van der Waals surface area contributed by atoms with Gasteiger partial charge in [0.2, 0.25) is 5.91 Å². The number of amides is 1.